The molecule has 1 aromatic heterocycles. The van der Waals surface area contributed by atoms with Crippen molar-refractivity contribution in [1.29, 1.82) is 0 Å². The molecule has 10 nitrogen and oxygen atoms in total. The maximum atomic E-state index is 12.5. The molecule has 1 fully saturated rings. The van der Waals surface area contributed by atoms with Crippen molar-refractivity contribution in [2.45, 2.75) is 84.3 Å². The van der Waals surface area contributed by atoms with Crippen LogP contribution in [0.5, 0.6) is 11.6 Å². The molecule has 5 N–H and O–H groups in total. The number of hydrogen-bond donors (Lipinski definition) is 5. The number of rotatable bonds is 13. The molecule has 2 rings (SSSR count). The first-order valence-electron chi connectivity index (χ1n) is 13.4. The molecule has 2 heterocycles. The predicted octanol–water partition coefficient (Wildman–Crippen LogP) is 2.48. The SMILES string of the molecule is C/C=C(\C)[C@H](O[C@@H]1O[C@H](CO)[C@@H](O)[C@H](O)[C@H]1O)[C@H](C)/C=C/C=C/C/C(C)=C/Cc1[nH]c(OC)c(OC)c(=O)c1C. The van der Waals surface area contributed by atoms with Gasteiger partial charge in [-0.2, -0.15) is 0 Å². The summed E-state index contributed by atoms with van der Waals surface area (Å²) in [5.41, 5.74) is 3.19. The zero-order chi connectivity index (χ0) is 30.0. The van der Waals surface area contributed by atoms with Crippen LogP contribution in [0.2, 0.25) is 0 Å². The molecule has 0 unspecified atom stereocenters. The predicted molar refractivity (Wildman–Crippen MR) is 152 cm³/mol. The highest BCUT2D eigenvalue weighted by molar-refractivity contribution is 5.40. The van der Waals surface area contributed by atoms with Gasteiger partial charge in [0, 0.05) is 23.6 Å². The van der Waals surface area contributed by atoms with E-state index in [1.807, 2.05) is 58.1 Å². The molecule has 7 atom stereocenters. The van der Waals surface area contributed by atoms with Crippen LogP contribution < -0.4 is 14.9 Å². The van der Waals surface area contributed by atoms with Gasteiger partial charge in [0.25, 0.3) is 0 Å². The summed E-state index contributed by atoms with van der Waals surface area (Å²) in [6.07, 6.45) is 5.96. The average Bonchev–Trinajstić information content (AvgIpc) is 2.95. The zero-order valence-corrected chi connectivity index (χ0v) is 24.5. The molecule has 0 spiro atoms. The van der Waals surface area contributed by atoms with Gasteiger partial charge in [0.15, 0.2) is 6.29 Å². The Morgan fingerprint density at radius 1 is 1.10 bits per heavy atom. The highest BCUT2D eigenvalue weighted by atomic mass is 16.7. The van der Waals surface area contributed by atoms with Gasteiger partial charge < -0.3 is 44.4 Å². The van der Waals surface area contributed by atoms with Crippen LogP contribution in [-0.4, -0.2) is 83.0 Å². The third kappa shape index (κ3) is 8.39. The van der Waals surface area contributed by atoms with Crippen LogP contribution in [0, 0.1) is 12.8 Å². The number of methoxy groups -OCH3 is 2. The first-order chi connectivity index (χ1) is 19.0. The van der Waals surface area contributed by atoms with Gasteiger partial charge in [0.05, 0.1) is 26.9 Å². The molecule has 0 aromatic carbocycles. The van der Waals surface area contributed by atoms with Gasteiger partial charge in [-0.3, -0.25) is 4.79 Å². The van der Waals surface area contributed by atoms with Crippen molar-refractivity contribution in [3.8, 4) is 11.6 Å². The molecule has 10 heteroatoms. The Hall–Kier alpha value is -2.73. The minimum absolute atomic E-state index is 0.116. The lowest BCUT2D eigenvalue weighted by Gasteiger charge is -2.41. The van der Waals surface area contributed by atoms with Crippen LogP contribution in [0.1, 0.15) is 45.4 Å². The van der Waals surface area contributed by atoms with Crippen molar-refractivity contribution in [2.75, 3.05) is 20.8 Å². The standard InChI is InChI=1S/C30H45NO9/c1-8-18(3)27(40-30-26(36)25(35)24(34)22(16-32)39-30)19(4)13-11-9-10-12-17(2)14-15-21-20(5)23(33)28(37-6)29(31-21)38-7/h8-11,13-14,19,22,24-27,30,32,34-36H,12,15-16H2,1-7H3,(H,31,33)/b10-9+,13-11+,17-14+,18-8+/t19-,22-,24-,25+,26-,27+,30+/m1/s1. The van der Waals surface area contributed by atoms with E-state index in [2.05, 4.69) is 11.1 Å². The molecule has 0 amide bonds. The number of H-pyrrole nitrogens is 1. The van der Waals surface area contributed by atoms with Gasteiger partial charge in [-0.05, 0) is 39.7 Å². The zero-order valence-electron chi connectivity index (χ0n) is 24.5. The van der Waals surface area contributed by atoms with E-state index in [9.17, 15) is 25.2 Å². The fourth-order valence-electron chi connectivity index (χ4n) is 4.40. The van der Waals surface area contributed by atoms with E-state index < -0.39 is 43.4 Å². The number of ether oxygens (including phenoxy) is 4. The number of hydrogen-bond acceptors (Lipinski definition) is 9. The number of aliphatic hydroxyl groups is 4. The van der Waals surface area contributed by atoms with E-state index in [1.54, 1.807) is 6.92 Å². The highest BCUT2D eigenvalue weighted by Gasteiger charge is 2.45. The lowest BCUT2D eigenvalue weighted by Crippen LogP contribution is -2.59. The molecule has 0 radical (unpaired) electrons. The summed E-state index contributed by atoms with van der Waals surface area (Å²) >= 11 is 0. The fraction of sp³-hybridized carbons (Fsp3) is 0.567. The van der Waals surface area contributed by atoms with Crippen LogP contribution in [0.4, 0.5) is 0 Å². The first kappa shape index (κ1) is 33.5. The minimum atomic E-state index is -1.50. The minimum Gasteiger partial charge on any atom is -0.488 e. The molecule has 0 bridgehead atoms. The summed E-state index contributed by atoms with van der Waals surface area (Å²) in [6, 6.07) is 0. The molecule has 0 saturated carbocycles. The van der Waals surface area contributed by atoms with Gasteiger partial charge in [0.1, 0.15) is 24.4 Å². The summed E-state index contributed by atoms with van der Waals surface area (Å²) in [5, 5.41) is 39.9. The van der Waals surface area contributed by atoms with Crippen LogP contribution in [-0.2, 0) is 15.9 Å². The largest absolute Gasteiger partial charge is 0.488 e. The normalized spacial score (nSPS) is 25.9. The number of aromatic amines is 1. The van der Waals surface area contributed by atoms with Crippen LogP contribution >= 0.6 is 0 Å². The van der Waals surface area contributed by atoms with Gasteiger partial charge in [-0.1, -0.05) is 49.0 Å². The van der Waals surface area contributed by atoms with E-state index in [1.165, 1.54) is 14.2 Å². The Morgan fingerprint density at radius 3 is 2.40 bits per heavy atom. The smallest absolute Gasteiger partial charge is 0.238 e. The fourth-order valence-corrected chi connectivity index (χ4v) is 4.40. The molecule has 1 aliphatic heterocycles. The monoisotopic (exact) mass is 563 g/mol. The highest BCUT2D eigenvalue weighted by Crippen LogP contribution is 2.27. The van der Waals surface area contributed by atoms with Gasteiger partial charge >= 0.3 is 0 Å². The second kappa shape index (κ2) is 15.9. The van der Waals surface area contributed by atoms with Crippen molar-refractivity contribution >= 4 is 0 Å². The van der Waals surface area contributed by atoms with Crippen molar-refractivity contribution in [2.24, 2.45) is 5.92 Å². The Morgan fingerprint density at radius 2 is 1.80 bits per heavy atom. The third-order valence-corrected chi connectivity index (χ3v) is 7.15. The second-order valence-electron chi connectivity index (χ2n) is 10.0. The average molecular weight is 564 g/mol. The van der Waals surface area contributed by atoms with Crippen LogP contribution in [0.25, 0.3) is 0 Å². The van der Waals surface area contributed by atoms with Gasteiger partial charge in [0.2, 0.25) is 17.1 Å². The molecule has 1 saturated heterocycles. The number of pyridine rings is 1. The molecule has 224 valence electrons. The van der Waals surface area contributed by atoms with E-state index in [0.717, 1.165) is 16.8 Å². The molecule has 40 heavy (non-hydrogen) atoms. The Bertz CT molecular complexity index is 1130. The number of aliphatic hydroxyl groups excluding tert-OH is 4. The maximum absolute atomic E-state index is 12.5. The van der Waals surface area contributed by atoms with Crippen molar-refractivity contribution in [3.63, 3.8) is 0 Å². The summed E-state index contributed by atoms with van der Waals surface area (Å²) in [6.45, 7) is 9.00. The van der Waals surface area contributed by atoms with Gasteiger partial charge in [-0.15, -0.1) is 0 Å². The second-order valence-corrected chi connectivity index (χ2v) is 10.0. The van der Waals surface area contributed by atoms with E-state index in [4.69, 9.17) is 18.9 Å². The van der Waals surface area contributed by atoms with E-state index in [0.29, 0.717) is 24.3 Å². The molecular weight excluding hydrogens is 518 g/mol. The summed E-state index contributed by atoms with van der Waals surface area (Å²) < 4.78 is 22.0. The third-order valence-electron chi connectivity index (χ3n) is 7.15. The van der Waals surface area contributed by atoms with Gasteiger partial charge in [-0.25, -0.2) is 0 Å². The van der Waals surface area contributed by atoms with E-state index >= 15 is 0 Å². The van der Waals surface area contributed by atoms with Crippen molar-refractivity contribution < 1.29 is 39.4 Å². The summed E-state index contributed by atoms with van der Waals surface area (Å²) in [5.74, 6) is 0.355. The van der Waals surface area contributed by atoms with Crippen LogP contribution in [0.3, 0.4) is 0 Å². The molecule has 1 aromatic rings. The van der Waals surface area contributed by atoms with Crippen molar-refractivity contribution in [3.05, 3.63) is 69.1 Å². The lowest BCUT2D eigenvalue weighted by molar-refractivity contribution is -0.310. The molecule has 0 aliphatic carbocycles. The maximum Gasteiger partial charge on any atom is 0.238 e. The first-order valence-corrected chi connectivity index (χ1v) is 13.4. The molecular formula is C30H45NO9. The number of allylic oxidation sites excluding steroid dienone is 6. The van der Waals surface area contributed by atoms with Crippen LogP contribution in [0.15, 0.2) is 52.4 Å². The summed E-state index contributed by atoms with van der Waals surface area (Å²) in [4.78, 5) is 15.6. The van der Waals surface area contributed by atoms with E-state index in [-0.39, 0.29) is 17.1 Å². The topological polar surface area (TPSA) is 151 Å². The Balaban J connectivity index is 2.02. The summed E-state index contributed by atoms with van der Waals surface area (Å²) in [7, 11) is 2.92. The number of aromatic nitrogens is 1. The Kier molecular flexibility index (Phi) is 13.3. The lowest BCUT2D eigenvalue weighted by atomic mass is 9.96. The van der Waals surface area contributed by atoms with Crippen molar-refractivity contribution in [1.82, 2.24) is 4.98 Å². The number of nitrogens with one attached hydrogen (secondary N) is 1. The Labute approximate surface area is 236 Å². The quantitative estimate of drug-likeness (QED) is 0.180. The molecule has 1 aliphatic rings.